The van der Waals surface area contributed by atoms with Crippen LogP contribution in [0.2, 0.25) is 0 Å². The van der Waals surface area contributed by atoms with Crippen LogP contribution in [0.25, 0.3) is 10.8 Å². The molecule has 1 aliphatic rings. The smallest absolute Gasteiger partial charge is 0.132 e. The van der Waals surface area contributed by atoms with Gasteiger partial charge in [-0.3, -0.25) is 4.98 Å². The first-order valence-electron chi connectivity index (χ1n) is 6.34. The Hall–Kier alpha value is -1.68. The summed E-state index contributed by atoms with van der Waals surface area (Å²) in [4.78, 5) is 3.98. The molecule has 0 unspecified atom stereocenters. The summed E-state index contributed by atoms with van der Waals surface area (Å²) in [5.74, 6) is -0.214. The fourth-order valence-corrected chi connectivity index (χ4v) is 2.47. The molecule has 1 aliphatic heterocycles. The van der Waals surface area contributed by atoms with Crippen molar-refractivity contribution < 1.29 is 4.39 Å². The summed E-state index contributed by atoms with van der Waals surface area (Å²) < 4.78 is 13.7. The minimum absolute atomic E-state index is 0.214. The Balaban J connectivity index is 1.94. The third-order valence-corrected chi connectivity index (χ3v) is 3.46. The van der Waals surface area contributed by atoms with Crippen molar-refractivity contribution in [3.05, 3.63) is 36.4 Å². The van der Waals surface area contributed by atoms with E-state index in [1.807, 2.05) is 12.1 Å². The van der Waals surface area contributed by atoms with E-state index in [1.54, 1.807) is 12.4 Å². The summed E-state index contributed by atoms with van der Waals surface area (Å²) in [6.07, 6.45) is 5.49. The van der Waals surface area contributed by atoms with Crippen LogP contribution in [0.1, 0.15) is 12.8 Å². The van der Waals surface area contributed by atoms with Crippen LogP contribution < -0.4 is 10.6 Å². The molecule has 0 bridgehead atoms. The highest BCUT2D eigenvalue weighted by atomic mass is 19.1. The average Bonchev–Trinajstić information content (AvgIpc) is 2.44. The molecule has 1 aromatic carbocycles. The predicted molar refractivity (Wildman–Crippen MR) is 71.2 cm³/mol. The normalized spacial score (nSPS) is 16.9. The molecule has 0 saturated carbocycles. The van der Waals surface area contributed by atoms with E-state index in [-0.39, 0.29) is 5.82 Å². The zero-order chi connectivity index (χ0) is 12.4. The highest BCUT2D eigenvalue weighted by Gasteiger charge is 2.14. The summed E-state index contributed by atoms with van der Waals surface area (Å²) in [7, 11) is 0. The predicted octanol–water partition coefficient (Wildman–Crippen LogP) is 2.54. The van der Waals surface area contributed by atoms with Crippen LogP contribution >= 0.6 is 0 Å². The van der Waals surface area contributed by atoms with E-state index >= 15 is 0 Å². The van der Waals surface area contributed by atoms with Gasteiger partial charge >= 0.3 is 0 Å². The summed E-state index contributed by atoms with van der Waals surface area (Å²) in [6, 6.07) is 5.66. The highest BCUT2D eigenvalue weighted by Crippen LogP contribution is 2.26. The number of benzene rings is 1. The maximum Gasteiger partial charge on any atom is 0.132 e. The number of piperidine rings is 1. The van der Waals surface area contributed by atoms with Crippen LogP contribution in [0.3, 0.4) is 0 Å². The highest BCUT2D eigenvalue weighted by molar-refractivity contribution is 5.93. The number of hydrogen-bond acceptors (Lipinski definition) is 3. The van der Waals surface area contributed by atoms with Crippen molar-refractivity contribution in [1.82, 2.24) is 10.3 Å². The van der Waals surface area contributed by atoms with E-state index in [1.165, 1.54) is 6.07 Å². The second-order valence-corrected chi connectivity index (χ2v) is 4.68. The van der Waals surface area contributed by atoms with Gasteiger partial charge in [-0.2, -0.15) is 0 Å². The lowest BCUT2D eigenvalue weighted by atomic mass is 10.0. The number of nitrogens with one attached hydrogen (secondary N) is 2. The number of halogens is 1. The second-order valence-electron chi connectivity index (χ2n) is 4.68. The molecule has 18 heavy (non-hydrogen) atoms. The Morgan fingerprint density at radius 1 is 1.17 bits per heavy atom. The topological polar surface area (TPSA) is 37.0 Å². The first kappa shape index (κ1) is 11.4. The van der Waals surface area contributed by atoms with E-state index in [0.29, 0.717) is 11.4 Å². The van der Waals surface area contributed by atoms with Crippen LogP contribution in [0.4, 0.5) is 10.1 Å². The lowest BCUT2D eigenvalue weighted by Crippen LogP contribution is -2.35. The number of rotatable bonds is 2. The second kappa shape index (κ2) is 4.90. The first-order chi connectivity index (χ1) is 8.84. The molecule has 94 valence electrons. The van der Waals surface area contributed by atoms with Crippen LogP contribution in [0.15, 0.2) is 30.6 Å². The Labute approximate surface area is 105 Å². The van der Waals surface area contributed by atoms with Crippen LogP contribution in [0, 0.1) is 5.82 Å². The summed E-state index contributed by atoms with van der Waals surface area (Å²) in [6.45, 7) is 2.08. The third kappa shape index (κ3) is 2.16. The first-order valence-corrected chi connectivity index (χ1v) is 6.34. The van der Waals surface area contributed by atoms with E-state index in [0.717, 1.165) is 37.0 Å². The molecule has 2 aromatic rings. The standard InChI is InChI=1S/C14H16FN3/c15-13-1-2-14(11-5-8-17-9-12(11)13)18-10-3-6-16-7-4-10/h1-2,5,8-10,16,18H,3-4,6-7H2. The van der Waals surface area contributed by atoms with Gasteiger partial charge in [0.1, 0.15) is 5.82 Å². The van der Waals surface area contributed by atoms with Gasteiger partial charge in [0.05, 0.1) is 0 Å². The van der Waals surface area contributed by atoms with Crippen LogP contribution in [0.5, 0.6) is 0 Å². The van der Waals surface area contributed by atoms with Crippen molar-refractivity contribution in [2.75, 3.05) is 18.4 Å². The SMILES string of the molecule is Fc1ccc(NC2CCNCC2)c2ccncc12. The fourth-order valence-electron chi connectivity index (χ4n) is 2.47. The van der Waals surface area contributed by atoms with E-state index in [4.69, 9.17) is 0 Å². The molecule has 1 saturated heterocycles. The van der Waals surface area contributed by atoms with Crippen molar-refractivity contribution >= 4 is 16.5 Å². The minimum Gasteiger partial charge on any atom is -0.382 e. The van der Waals surface area contributed by atoms with Crippen molar-refractivity contribution in [3.63, 3.8) is 0 Å². The Morgan fingerprint density at radius 3 is 2.83 bits per heavy atom. The van der Waals surface area contributed by atoms with Gasteiger partial charge < -0.3 is 10.6 Å². The van der Waals surface area contributed by atoms with Gasteiger partial charge in [-0.05, 0) is 44.1 Å². The third-order valence-electron chi connectivity index (χ3n) is 3.46. The number of pyridine rings is 1. The summed E-state index contributed by atoms with van der Waals surface area (Å²) >= 11 is 0. The summed E-state index contributed by atoms with van der Waals surface area (Å²) in [5, 5.41) is 8.34. The Morgan fingerprint density at radius 2 is 2.00 bits per heavy atom. The zero-order valence-corrected chi connectivity index (χ0v) is 10.1. The van der Waals surface area contributed by atoms with E-state index in [2.05, 4.69) is 15.6 Å². The molecule has 2 heterocycles. The quantitative estimate of drug-likeness (QED) is 0.853. The number of anilines is 1. The maximum absolute atomic E-state index is 13.7. The van der Waals surface area contributed by atoms with Gasteiger partial charge in [0.15, 0.2) is 0 Å². The number of hydrogen-bond donors (Lipinski definition) is 2. The molecule has 0 amide bonds. The Bertz CT molecular complexity index is 550. The largest absolute Gasteiger partial charge is 0.382 e. The minimum atomic E-state index is -0.214. The van der Waals surface area contributed by atoms with Crippen molar-refractivity contribution in [2.45, 2.75) is 18.9 Å². The molecule has 0 atom stereocenters. The molecular weight excluding hydrogens is 229 g/mol. The maximum atomic E-state index is 13.7. The van der Waals surface area contributed by atoms with Crippen LogP contribution in [-0.2, 0) is 0 Å². The fraction of sp³-hybridized carbons (Fsp3) is 0.357. The lowest BCUT2D eigenvalue weighted by molar-refractivity contribution is 0.479. The van der Waals surface area contributed by atoms with Gasteiger partial charge in [0, 0.05) is 34.9 Å². The number of aromatic nitrogens is 1. The molecule has 4 heteroatoms. The van der Waals surface area contributed by atoms with Gasteiger partial charge in [-0.15, -0.1) is 0 Å². The summed E-state index contributed by atoms with van der Waals surface area (Å²) in [5.41, 5.74) is 1.00. The Kier molecular flexibility index (Phi) is 3.11. The van der Waals surface area contributed by atoms with Crippen molar-refractivity contribution in [3.8, 4) is 0 Å². The number of nitrogens with zero attached hydrogens (tertiary/aromatic N) is 1. The molecular formula is C14H16FN3. The van der Waals surface area contributed by atoms with E-state index < -0.39 is 0 Å². The monoisotopic (exact) mass is 245 g/mol. The molecule has 2 N–H and O–H groups in total. The van der Waals surface area contributed by atoms with Crippen molar-refractivity contribution in [1.29, 1.82) is 0 Å². The molecule has 3 nitrogen and oxygen atoms in total. The van der Waals surface area contributed by atoms with Gasteiger partial charge in [-0.1, -0.05) is 0 Å². The molecule has 1 fully saturated rings. The molecule has 0 spiro atoms. The average molecular weight is 245 g/mol. The lowest BCUT2D eigenvalue weighted by Gasteiger charge is -2.25. The van der Waals surface area contributed by atoms with Gasteiger partial charge in [-0.25, -0.2) is 4.39 Å². The van der Waals surface area contributed by atoms with Gasteiger partial charge in [0.25, 0.3) is 0 Å². The molecule has 0 radical (unpaired) electrons. The molecule has 0 aliphatic carbocycles. The molecule has 1 aromatic heterocycles. The number of fused-ring (bicyclic) bond motifs is 1. The van der Waals surface area contributed by atoms with E-state index in [9.17, 15) is 4.39 Å². The van der Waals surface area contributed by atoms with Gasteiger partial charge in [0.2, 0.25) is 0 Å². The van der Waals surface area contributed by atoms with Crippen molar-refractivity contribution in [2.24, 2.45) is 0 Å². The van der Waals surface area contributed by atoms with Crippen LogP contribution in [-0.4, -0.2) is 24.1 Å². The molecule has 3 rings (SSSR count). The zero-order valence-electron chi connectivity index (χ0n) is 10.1.